The summed E-state index contributed by atoms with van der Waals surface area (Å²) in [7, 11) is 0. The van der Waals surface area contributed by atoms with Crippen molar-refractivity contribution in [1.29, 1.82) is 0 Å². The molecule has 3 rings (SSSR count). The SMILES string of the molecule is CCCCCC1CCC(CCc2ccc(C#Cc3ccc(CCC=O)cc3F)cc2)CC1. The summed E-state index contributed by atoms with van der Waals surface area (Å²) in [4.78, 5) is 10.5. The van der Waals surface area contributed by atoms with Crippen molar-refractivity contribution in [1.82, 2.24) is 0 Å². The van der Waals surface area contributed by atoms with Crippen LogP contribution < -0.4 is 0 Å². The average Bonchev–Trinajstić information content (AvgIpc) is 2.82. The van der Waals surface area contributed by atoms with Gasteiger partial charge in [-0.1, -0.05) is 88.3 Å². The summed E-state index contributed by atoms with van der Waals surface area (Å²) in [6.07, 6.45) is 15.5. The molecule has 0 amide bonds. The molecule has 0 N–H and O–H groups in total. The summed E-state index contributed by atoms with van der Waals surface area (Å²) < 4.78 is 14.2. The summed E-state index contributed by atoms with van der Waals surface area (Å²) in [6.45, 7) is 2.29. The van der Waals surface area contributed by atoms with E-state index in [9.17, 15) is 9.18 Å². The Bertz CT molecular complexity index is 895. The minimum absolute atomic E-state index is 0.322. The number of aryl methyl sites for hydroxylation is 2. The van der Waals surface area contributed by atoms with Gasteiger partial charge < -0.3 is 4.79 Å². The average molecular weight is 433 g/mol. The van der Waals surface area contributed by atoms with Crippen LogP contribution in [0.25, 0.3) is 0 Å². The Labute approximate surface area is 193 Å². The predicted molar refractivity (Wildman–Crippen MR) is 131 cm³/mol. The number of hydrogen-bond donors (Lipinski definition) is 0. The molecule has 0 heterocycles. The lowest BCUT2D eigenvalue weighted by atomic mass is 9.78. The van der Waals surface area contributed by atoms with E-state index in [0.717, 1.165) is 35.7 Å². The highest BCUT2D eigenvalue weighted by molar-refractivity contribution is 5.50. The van der Waals surface area contributed by atoms with E-state index in [4.69, 9.17) is 0 Å². The first-order chi connectivity index (χ1) is 15.7. The molecular formula is C30H37FO. The number of halogens is 1. The number of unbranched alkanes of at least 4 members (excludes halogenated alkanes) is 2. The largest absolute Gasteiger partial charge is 0.303 e. The van der Waals surface area contributed by atoms with Crippen molar-refractivity contribution in [3.8, 4) is 11.8 Å². The topological polar surface area (TPSA) is 17.1 Å². The van der Waals surface area contributed by atoms with E-state index in [1.807, 2.05) is 18.2 Å². The monoisotopic (exact) mass is 432 g/mol. The van der Waals surface area contributed by atoms with Gasteiger partial charge in [-0.25, -0.2) is 4.39 Å². The zero-order valence-electron chi connectivity index (χ0n) is 19.5. The van der Waals surface area contributed by atoms with Crippen molar-refractivity contribution in [2.75, 3.05) is 0 Å². The van der Waals surface area contributed by atoms with E-state index in [0.29, 0.717) is 18.4 Å². The summed E-state index contributed by atoms with van der Waals surface area (Å²) in [5.74, 6) is 7.56. The number of carbonyl (C=O) groups excluding carboxylic acids is 1. The number of benzene rings is 2. The highest BCUT2D eigenvalue weighted by Crippen LogP contribution is 2.34. The van der Waals surface area contributed by atoms with Gasteiger partial charge in [-0.15, -0.1) is 0 Å². The van der Waals surface area contributed by atoms with E-state index in [1.54, 1.807) is 6.07 Å². The predicted octanol–water partition coefficient (Wildman–Crippen LogP) is 7.68. The van der Waals surface area contributed by atoms with E-state index in [-0.39, 0.29) is 5.82 Å². The lowest BCUT2D eigenvalue weighted by Crippen LogP contribution is -2.15. The summed E-state index contributed by atoms with van der Waals surface area (Å²) in [5, 5.41) is 0. The number of rotatable bonds is 10. The fourth-order valence-corrected chi connectivity index (χ4v) is 4.80. The second-order valence-corrected chi connectivity index (χ2v) is 9.39. The maximum atomic E-state index is 14.2. The third-order valence-electron chi connectivity index (χ3n) is 6.90. The zero-order valence-corrected chi connectivity index (χ0v) is 19.5. The van der Waals surface area contributed by atoms with E-state index in [1.165, 1.54) is 69.4 Å². The van der Waals surface area contributed by atoms with Gasteiger partial charge in [0.05, 0.1) is 5.56 Å². The van der Waals surface area contributed by atoms with Gasteiger partial charge in [0.1, 0.15) is 12.1 Å². The minimum Gasteiger partial charge on any atom is -0.303 e. The molecule has 0 aliphatic heterocycles. The first kappa shape index (κ1) is 24.2. The lowest BCUT2D eigenvalue weighted by molar-refractivity contribution is -0.107. The Morgan fingerprint density at radius 1 is 0.875 bits per heavy atom. The molecule has 0 unspecified atom stereocenters. The standard InChI is InChI=1S/C30H37FO/c1-2-3-4-6-24-8-10-25(11-9-24)12-13-26-14-16-27(17-15-26)18-20-29-21-19-28(7-5-22-32)23-30(29)31/h14-17,19,21-25H,2-13H2,1H3. The molecule has 0 aromatic heterocycles. The first-order valence-electron chi connectivity index (χ1n) is 12.5. The van der Waals surface area contributed by atoms with Gasteiger partial charge in [0.15, 0.2) is 0 Å². The third-order valence-corrected chi connectivity index (χ3v) is 6.90. The molecule has 0 saturated heterocycles. The molecule has 2 aromatic carbocycles. The fourth-order valence-electron chi connectivity index (χ4n) is 4.80. The second-order valence-electron chi connectivity index (χ2n) is 9.39. The normalized spacial score (nSPS) is 18.1. The van der Waals surface area contributed by atoms with Crippen molar-refractivity contribution in [2.45, 2.75) is 84.0 Å². The van der Waals surface area contributed by atoms with Gasteiger partial charge in [0, 0.05) is 12.0 Å². The Kier molecular flexibility index (Phi) is 10.0. The van der Waals surface area contributed by atoms with Crippen LogP contribution in [0, 0.1) is 29.5 Å². The minimum atomic E-state index is -0.322. The van der Waals surface area contributed by atoms with Crippen LogP contribution in [0.3, 0.4) is 0 Å². The van der Waals surface area contributed by atoms with Gasteiger partial charge in [0.25, 0.3) is 0 Å². The molecule has 1 fully saturated rings. The van der Waals surface area contributed by atoms with Crippen molar-refractivity contribution < 1.29 is 9.18 Å². The van der Waals surface area contributed by atoms with Crippen LogP contribution >= 0.6 is 0 Å². The van der Waals surface area contributed by atoms with Crippen LogP contribution in [0.4, 0.5) is 4.39 Å². The number of aldehydes is 1. The molecule has 32 heavy (non-hydrogen) atoms. The van der Waals surface area contributed by atoms with Crippen molar-refractivity contribution in [3.05, 3.63) is 70.5 Å². The van der Waals surface area contributed by atoms with Crippen molar-refractivity contribution in [3.63, 3.8) is 0 Å². The fraction of sp³-hybridized carbons (Fsp3) is 0.500. The van der Waals surface area contributed by atoms with Crippen LogP contribution in [0.5, 0.6) is 0 Å². The first-order valence-corrected chi connectivity index (χ1v) is 12.5. The smallest absolute Gasteiger partial charge is 0.139 e. The molecule has 1 aliphatic rings. The molecule has 0 spiro atoms. The van der Waals surface area contributed by atoms with Crippen LogP contribution in [0.15, 0.2) is 42.5 Å². The van der Waals surface area contributed by atoms with Crippen molar-refractivity contribution >= 4 is 6.29 Å². The zero-order chi connectivity index (χ0) is 22.6. The number of hydrogen-bond acceptors (Lipinski definition) is 1. The molecule has 2 heteroatoms. The van der Waals surface area contributed by atoms with E-state index >= 15 is 0 Å². The molecule has 1 nitrogen and oxygen atoms in total. The molecule has 2 aromatic rings. The van der Waals surface area contributed by atoms with Gasteiger partial charge >= 0.3 is 0 Å². The van der Waals surface area contributed by atoms with Gasteiger partial charge in [-0.05, 0) is 66.5 Å². The Morgan fingerprint density at radius 2 is 1.56 bits per heavy atom. The van der Waals surface area contributed by atoms with Crippen LogP contribution in [0.1, 0.15) is 93.4 Å². The van der Waals surface area contributed by atoms with Crippen LogP contribution in [0.2, 0.25) is 0 Å². The quantitative estimate of drug-likeness (QED) is 0.214. The second kappa shape index (κ2) is 13.2. The number of carbonyl (C=O) groups is 1. The summed E-state index contributed by atoms with van der Waals surface area (Å²) in [5.41, 5.74) is 3.50. The third kappa shape index (κ3) is 7.94. The molecule has 1 aliphatic carbocycles. The summed E-state index contributed by atoms with van der Waals surface area (Å²) in [6, 6.07) is 13.5. The van der Waals surface area contributed by atoms with Gasteiger partial charge in [0.2, 0.25) is 0 Å². The maximum absolute atomic E-state index is 14.2. The molecule has 0 atom stereocenters. The Morgan fingerprint density at radius 3 is 2.22 bits per heavy atom. The van der Waals surface area contributed by atoms with Crippen LogP contribution in [-0.2, 0) is 17.6 Å². The highest BCUT2D eigenvalue weighted by atomic mass is 19.1. The Hall–Kier alpha value is -2.40. The Balaban J connectivity index is 1.45. The maximum Gasteiger partial charge on any atom is 0.139 e. The molecule has 0 bridgehead atoms. The van der Waals surface area contributed by atoms with E-state index < -0.39 is 0 Å². The van der Waals surface area contributed by atoms with Crippen molar-refractivity contribution in [2.24, 2.45) is 11.8 Å². The molecule has 0 radical (unpaired) electrons. The van der Waals surface area contributed by atoms with Crippen LogP contribution in [-0.4, -0.2) is 6.29 Å². The van der Waals surface area contributed by atoms with Gasteiger partial charge in [-0.2, -0.15) is 0 Å². The molecule has 1 saturated carbocycles. The van der Waals surface area contributed by atoms with E-state index in [2.05, 4.69) is 30.9 Å². The highest BCUT2D eigenvalue weighted by Gasteiger charge is 2.20. The van der Waals surface area contributed by atoms with Gasteiger partial charge in [-0.3, -0.25) is 0 Å². The molecular weight excluding hydrogens is 395 g/mol. The lowest BCUT2D eigenvalue weighted by Gasteiger charge is -2.28. The summed E-state index contributed by atoms with van der Waals surface area (Å²) >= 11 is 0. The molecule has 170 valence electrons.